The second kappa shape index (κ2) is 17.6. The molecule has 0 aliphatic heterocycles. The number of unbranched alkanes of at least 4 members (excludes halogenated alkanes) is 10. The SMILES string of the molecule is CCCCCCCCCCCCCNC.Cl. The summed E-state index contributed by atoms with van der Waals surface area (Å²) in [5.41, 5.74) is 0. The molecule has 16 heavy (non-hydrogen) atoms. The lowest BCUT2D eigenvalue weighted by Gasteiger charge is -2.02. The number of halogens is 1. The van der Waals surface area contributed by atoms with Gasteiger partial charge in [-0.15, -0.1) is 12.4 Å². The fourth-order valence-corrected chi connectivity index (χ4v) is 1.97. The van der Waals surface area contributed by atoms with Crippen molar-refractivity contribution in [2.45, 2.75) is 77.6 Å². The van der Waals surface area contributed by atoms with Crippen molar-refractivity contribution >= 4 is 12.4 Å². The standard InChI is InChI=1S/C14H31N.ClH/c1-3-4-5-6-7-8-9-10-11-12-13-14-15-2;/h15H,3-14H2,1-2H3;1H. The molecule has 100 valence electrons. The van der Waals surface area contributed by atoms with Crippen molar-refractivity contribution in [1.82, 2.24) is 5.32 Å². The normalized spacial score (nSPS) is 10.1. The van der Waals surface area contributed by atoms with E-state index in [0.717, 1.165) is 0 Å². The first kappa shape index (κ1) is 18.6. The molecule has 0 aromatic rings. The van der Waals surface area contributed by atoms with E-state index < -0.39 is 0 Å². The average molecular weight is 250 g/mol. The number of rotatable bonds is 12. The zero-order valence-corrected chi connectivity index (χ0v) is 12.2. The Morgan fingerprint density at radius 1 is 0.625 bits per heavy atom. The van der Waals surface area contributed by atoms with E-state index in [9.17, 15) is 0 Å². The molecule has 0 aromatic heterocycles. The van der Waals surface area contributed by atoms with Crippen molar-refractivity contribution in [2.24, 2.45) is 0 Å². The molecule has 0 radical (unpaired) electrons. The molecule has 0 saturated heterocycles. The summed E-state index contributed by atoms with van der Waals surface area (Å²) in [5, 5.41) is 3.20. The molecule has 1 N–H and O–H groups in total. The van der Waals surface area contributed by atoms with Crippen molar-refractivity contribution in [2.75, 3.05) is 13.6 Å². The van der Waals surface area contributed by atoms with Gasteiger partial charge >= 0.3 is 0 Å². The third-order valence-corrected chi connectivity index (χ3v) is 3.03. The fourth-order valence-electron chi connectivity index (χ4n) is 1.97. The Labute approximate surface area is 109 Å². The topological polar surface area (TPSA) is 12.0 Å². The maximum absolute atomic E-state index is 3.20. The average Bonchev–Trinajstić information content (AvgIpc) is 2.26. The summed E-state index contributed by atoms with van der Waals surface area (Å²) in [5.74, 6) is 0. The van der Waals surface area contributed by atoms with Gasteiger partial charge in [-0.25, -0.2) is 0 Å². The van der Waals surface area contributed by atoms with Crippen molar-refractivity contribution in [3.05, 3.63) is 0 Å². The molecule has 1 nitrogen and oxygen atoms in total. The minimum Gasteiger partial charge on any atom is -0.320 e. The summed E-state index contributed by atoms with van der Waals surface area (Å²) < 4.78 is 0. The highest BCUT2D eigenvalue weighted by atomic mass is 35.5. The van der Waals surface area contributed by atoms with E-state index in [2.05, 4.69) is 12.2 Å². The first-order valence-electron chi connectivity index (χ1n) is 7.06. The molecule has 0 amide bonds. The van der Waals surface area contributed by atoms with E-state index in [1.165, 1.54) is 77.2 Å². The third-order valence-electron chi connectivity index (χ3n) is 3.03. The van der Waals surface area contributed by atoms with Crippen LogP contribution in [0.25, 0.3) is 0 Å². The molecule has 0 spiro atoms. The van der Waals surface area contributed by atoms with Gasteiger partial charge in [0.1, 0.15) is 0 Å². The molecule has 0 heterocycles. The van der Waals surface area contributed by atoms with E-state index in [0.29, 0.717) is 0 Å². The smallest absolute Gasteiger partial charge is 0.00519 e. The molecule has 0 saturated carbocycles. The zero-order valence-electron chi connectivity index (χ0n) is 11.4. The summed E-state index contributed by atoms with van der Waals surface area (Å²) in [6, 6.07) is 0. The number of hydrogen-bond donors (Lipinski definition) is 1. The van der Waals surface area contributed by atoms with Gasteiger partial charge in [-0.1, -0.05) is 71.1 Å². The highest BCUT2D eigenvalue weighted by Crippen LogP contribution is 2.10. The van der Waals surface area contributed by atoms with E-state index in [4.69, 9.17) is 0 Å². The molecule has 0 fully saturated rings. The molecule has 2 heteroatoms. The van der Waals surface area contributed by atoms with Crippen molar-refractivity contribution in [3.8, 4) is 0 Å². The largest absolute Gasteiger partial charge is 0.320 e. The van der Waals surface area contributed by atoms with Gasteiger partial charge in [0, 0.05) is 0 Å². The molecule has 0 aliphatic carbocycles. The maximum atomic E-state index is 3.20. The molecule has 0 bridgehead atoms. The van der Waals surface area contributed by atoms with Gasteiger partial charge in [0.25, 0.3) is 0 Å². The number of hydrogen-bond acceptors (Lipinski definition) is 1. The Balaban J connectivity index is 0. The van der Waals surface area contributed by atoms with Crippen LogP contribution in [0.1, 0.15) is 77.6 Å². The lowest BCUT2D eigenvalue weighted by Crippen LogP contribution is -2.06. The molecule has 0 unspecified atom stereocenters. The minimum atomic E-state index is 0. The summed E-state index contributed by atoms with van der Waals surface area (Å²) in [6.45, 7) is 3.47. The van der Waals surface area contributed by atoms with Crippen molar-refractivity contribution in [3.63, 3.8) is 0 Å². The van der Waals surface area contributed by atoms with Crippen LogP contribution >= 0.6 is 12.4 Å². The van der Waals surface area contributed by atoms with E-state index in [1.54, 1.807) is 0 Å². The van der Waals surface area contributed by atoms with Crippen LogP contribution in [0.5, 0.6) is 0 Å². The predicted molar refractivity (Wildman–Crippen MR) is 77.6 cm³/mol. The van der Waals surface area contributed by atoms with Crippen molar-refractivity contribution < 1.29 is 0 Å². The predicted octanol–water partition coefficient (Wildman–Crippen LogP) is 4.94. The molecule has 0 rings (SSSR count). The van der Waals surface area contributed by atoms with Gasteiger partial charge < -0.3 is 5.32 Å². The highest BCUT2D eigenvalue weighted by Gasteiger charge is 1.92. The van der Waals surface area contributed by atoms with Crippen LogP contribution < -0.4 is 5.32 Å². The second-order valence-corrected chi connectivity index (χ2v) is 4.64. The Morgan fingerprint density at radius 3 is 1.38 bits per heavy atom. The monoisotopic (exact) mass is 249 g/mol. The van der Waals surface area contributed by atoms with Gasteiger partial charge in [0.15, 0.2) is 0 Å². The molecule has 0 aliphatic rings. The van der Waals surface area contributed by atoms with Crippen LogP contribution in [0.15, 0.2) is 0 Å². The Morgan fingerprint density at radius 2 is 1.00 bits per heavy atom. The third kappa shape index (κ3) is 16.7. The van der Waals surface area contributed by atoms with Gasteiger partial charge in [-0.3, -0.25) is 0 Å². The lowest BCUT2D eigenvalue weighted by molar-refractivity contribution is 0.545. The second-order valence-electron chi connectivity index (χ2n) is 4.64. The first-order chi connectivity index (χ1) is 7.41. The molecular weight excluding hydrogens is 218 g/mol. The van der Waals surface area contributed by atoms with Crippen LogP contribution in [0.3, 0.4) is 0 Å². The number of nitrogens with one attached hydrogen (secondary N) is 1. The van der Waals surface area contributed by atoms with Gasteiger partial charge in [-0.05, 0) is 20.0 Å². The van der Waals surface area contributed by atoms with Gasteiger partial charge in [0.05, 0.1) is 0 Å². The van der Waals surface area contributed by atoms with E-state index in [1.807, 2.05) is 7.05 Å². The van der Waals surface area contributed by atoms with Crippen LogP contribution in [-0.2, 0) is 0 Å². The molecule has 0 aromatic carbocycles. The summed E-state index contributed by atoms with van der Waals surface area (Å²) in [7, 11) is 2.04. The van der Waals surface area contributed by atoms with E-state index in [-0.39, 0.29) is 12.4 Å². The van der Waals surface area contributed by atoms with Gasteiger partial charge in [0.2, 0.25) is 0 Å². The summed E-state index contributed by atoms with van der Waals surface area (Å²) in [4.78, 5) is 0. The summed E-state index contributed by atoms with van der Waals surface area (Å²) in [6.07, 6.45) is 15.8. The van der Waals surface area contributed by atoms with Crippen molar-refractivity contribution in [1.29, 1.82) is 0 Å². The minimum absolute atomic E-state index is 0. The van der Waals surface area contributed by atoms with Crippen LogP contribution in [0, 0.1) is 0 Å². The maximum Gasteiger partial charge on any atom is -0.00519 e. The molecular formula is C14H32ClN. The Bertz CT molecular complexity index is 94.9. The fraction of sp³-hybridized carbons (Fsp3) is 1.00. The lowest BCUT2D eigenvalue weighted by atomic mass is 10.1. The first-order valence-corrected chi connectivity index (χ1v) is 7.06. The Kier molecular flexibility index (Phi) is 20.5. The zero-order chi connectivity index (χ0) is 11.2. The Hall–Kier alpha value is 0.250. The van der Waals surface area contributed by atoms with Crippen LogP contribution in [-0.4, -0.2) is 13.6 Å². The van der Waals surface area contributed by atoms with Crippen LogP contribution in [0.2, 0.25) is 0 Å². The van der Waals surface area contributed by atoms with Crippen LogP contribution in [0.4, 0.5) is 0 Å². The summed E-state index contributed by atoms with van der Waals surface area (Å²) >= 11 is 0. The molecule has 0 atom stereocenters. The van der Waals surface area contributed by atoms with E-state index >= 15 is 0 Å². The van der Waals surface area contributed by atoms with Gasteiger partial charge in [-0.2, -0.15) is 0 Å². The highest BCUT2D eigenvalue weighted by molar-refractivity contribution is 5.85. The quantitative estimate of drug-likeness (QED) is 0.483.